The van der Waals surface area contributed by atoms with E-state index in [1.165, 1.54) is 47.7 Å². The van der Waals surface area contributed by atoms with Crippen molar-refractivity contribution in [2.24, 2.45) is 0 Å². The Labute approximate surface area is 217 Å². The van der Waals surface area contributed by atoms with E-state index in [-0.39, 0.29) is 33.3 Å². The fourth-order valence-corrected chi connectivity index (χ4v) is 5.57. The summed E-state index contributed by atoms with van der Waals surface area (Å²) in [6, 6.07) is 23.0. The van der Waals surface area contributed by atoms with Crippen LogP contribution in [0, 0.1) is 0 Å². The second-order valence-electron chi connectivity index (χ2n) is 7.50. The van der Waals surface area contributed by atoms with E-state index < -0.39 is 21.9 Å². The topological polar surface area (TPSA) is 102 Å². The largest absolute Gasteiger partial charge is 0.462 e. The molecule has 0 spiro atoms. The SMILES string of the molecule is CCOC(=O)c1sc(-c2ccccc2)cc1NC(=O)c1ccccc1NS(=O)(=O)c1ccc(Cl)cc1. The molecule has 0 saturated heterocycles. The van der Waals surface area contributed by atoms with Gasteiger partial charge in [0.2, 0.25) is 0 Å². The van der Waals surface area contributed by atoms with Crippen molar-refractivity contribution < 1.29 is 22.7 Å². The summed E-state index contributed by atoms with van der Waals surface area (Å²) in [6.45, 7) is 1.88. The Morgan fingerprint density at radius 1 is 0.917 bits per heavy atom. The Morgan fingerprint density at radius 2 is 1.58 bits per heavy atom. The van der Waals surface area contributed by atoms with Crippen molar-refractivity contribution in [3.8, 4) is 10.4 Å². The van der Waals surface area contributed by atoms with E-state index in [1.54, 1.807) is 25.1 Å². The van der Waals surface area contributed by atoms with Crippen LogP contribution in [0.1, 0.15) is 27.0 Å². The van der Waals surface area contributed by atoms with Crippen LogP contribution in [0.4, 0.5) is 11.4 Å². The van der Waals surface area contributed by atoms with Crippen LogP contribution in [0.3, 0.4) is 0 Å². The molecule has 0 aliphatic heterocycles. The summed E-state index contributed by atoms with van der Waals surface area (Å²) in [7, 11) is -3.98. The van der Waals surface area contributed by atoms with Crippen LogP contribution in [-0.4, -0.2) is 26.9 Å². The molecule has 36 heavy (non-hydrogen) atoms. The molecule has 184 valence electrons. The number of sulfonamides is 1. The van der Waals surface area contributed by atoms with Crippen LogP contribution in [0.15, 0.2) is 89.8 Å². The van der Waals surface area contributed by atoms with Crippen LogP contribution in [0.25, 0.3) is 10.4 Å². The second-order valence-corrected chi connectivity index (χ2v) is 10.7. The lowest BCUT2D eigenvalue weighted by Gasteiger charge is -2.13. The minimum Gasteiger partial charge on any atom is -0.462 e. The maximum atomic E-state index is 13.3. The number of anilines is 2. The van der Waals surface area contributed by atoms with Gasteiger partial charge in [-0.1, -0.05) is 54.1 Å². The predicted molar refractivity (Wildman–Crippen MR) is 142 cm³/mol. The van der Waals surface area contributed by atoms with Crippen LogP contribution in [-0.2, 0) is 14.8 Å². The Morgan fingerprint density at radius 3 is 2.28 bits per heavy atom. The number of hydrogen-bond acceptors (Lipinski definition) is 6. The van der Waals surface area contributed by atoms with Crippen LogP contribution < -0.4 is 10.0 Å². The first-order chi connectivity index (χ1) is 17.3. The minimum absolute atomic E-state index is 0.00274. The van der Waals surface area contributed by atoms with E-state index in [0.717, 1.165) is 10.4 Å². The second kappa shape index (κ2) is 10.9. The molecule has 0 unspecified atom stereocenters. The van der Waals surface area contributed by atoms with E-state index in [0.29, 0.717) is 5.02 Å². The highest BCUT2D eigenvalue weighted by molar-refractivity contribution is 7.92. The van der Waals surface area contributed by atoms with Crippen molar-refractivity contribution in [2.45, 2.75) is 11.8 Å². The number of carbonyl (C=O) groups is 2. The fraction of sp³-hybridized carbons (Fsp3) is 0.0769. The average molecular weight is 541 g/mol. The molecule has 0 aliphatic carbocycles. The van der Waals surface area contributed by atoms with E-state index >= 15 is 0 Å². The van der Waals surface area contributed by atoms with Gasteiger partial charge in [0.15, 0.2) is 0 Å². The fourth-order valence-electron chi connectivity index (χ4n) is 3.35. The summed E-state index contributed by atoms with van der Waals surface area (Å²) < 4.78 is 33.4. The van der Waals surface area contributed by atoms with Gasteiger partial charge in [-0.2, -0.15) is 0 Å². The lowest BCUT2D eigenvalue weighted by Crippen LogP contribution is -2.19. The third-order valence-electron chi connectivity index (χ3n) is 5.04. The smallest absolute Gasteiger partial charge is 0.350 e. The maximum Gasteiger partial charge on any atom is 0.350 e. The molecule has 2 N–H and O–H groups in total. The number of amides is 1. The van der Waals surface area contributed by atoms with E-state index in [1.807, 2.05) is 30.3 Å². The number of thiophene rings is 1. The monoisotopic (exact) mass is 540 g/mol. The van der Waals surface area contributed by atoms with Gasteiger partial charge in [-0.15, -0.1) is 11.3 Å². The third-order valence-corrected chi connectivity index (χ3v) is 7.84. The van der Waals surface area contributed by atoms with Crippen LogP contribution in [0.2, 0.25) is 5.02 Å². The number of nitrogens with one attached hydrogen (secondary N) is 2. The lowest BCUT2D eigenvalue weighted by molar-refractivity contribution is 0.0533. The summed E-state index contributed by atoms with van der Waals surface area (Å²) in [4.78, 5) is 26.9. The molecule has 1 heterocycles. The zero-order valence-corrected chi connectivity index (χ0v) is 21.4. The minimum atomic E-state index is -3.98. The zero-order valence-electron chi connectivity index (χ0n) is 19.0. The lowest BCUT2D eigenvalue weighted by atomic mass is 10.1. The quantitative estimate of drug-likeness (QED) is 0.255. The Hall–Kier alpha value is -3.66. The van der Waals surface area contributed by atoms with E-state index in [2.05, 4.69) is 10.0 Å². The van der Waals surface area contributed by atoms with Gasteiger partial charge in [-0.25, -0.2) is 13.2 Å². The van der Waals surface area contributed by atoms with Gasteiger partial charge in [0, 0.05) is 9.90 Å². The highest BCUT2D eigenvalue weighted by atomic mass is 35.5. The van der Waals surface area contributed by atoms with Crippen molar-refractivity contribution in [1.82, 2.24) is 0 Å². The highest BCUT2D eigenvalue weighted by Gasteiger charge is 2.23. The van der Waals surface area contributed by atoms with E-state index in [9.17, 15) is 18.0 Å². The number of esters is 1. The Balaban J connectivity index is 1.65. The molecule has 10 heteroatoms. The molecular formula is C26H21ClN2O5S2. The number of hydrogen-bond donors (Lipinski definition) is 2. The number of ether oxygens (including phenoxy) is 1. The summed E-state index contributed by atoms with van der Waals surface area (Å²) in [5.41, 5.74) is 1.32. The van der Waals surface area contributed by atoms with Crippen LogP contribution >= 0.6 is 22.9 Å². The van der Waals surface area contributed by atoms with Gasteiger partial charge in [0.1, 0.15) is 4.88 Å². The summed E-state index contributed by atoms with van der Waals surface area (Å²) >= 11 is 7.06. The number of carbonyl (C=O) groups excluding carboxylic acids is 2. The maximum absolute atomic E-state index is 13.3. The number of rotatable bonds is 8. The summed E-state index contributed by atoms with van der Waals surface area (Å²) in [5, 5.41) is 3.15. The van der Waals surface area contributed by atoms with E-state index in [4.69, 9.17) is 16.3 Å². The molecule has 7 nitrogen and oxygen atoms in total. The molecule has 0 bridgehead atoms. The number of halogens is 1. The summed E-state index contributed by atoms with van der Waals surface area (Å²) in [6.07, 6.45) is 0. The molecule has 0 saturated carbocycles. The van der Waals surface area contributed by atoms with Gasteiger partial charge < -0.3 is 10.1 Å². The molecule has 1 amide bonds. The standard InChI is InChI=1S/C26H21ClN2O5S2/c1-2-34-26(31)24-22(16-23(35-24)17-8-4-3-5-9-17)28-25(30)20-10-6-7-11-21(20)29-36(32,33)19-14-12-18(27)13-15-19/h3-16,29H,2H2,1H3,(H,28,30). The van der Waals surface area contributed by atoms with Crippen molar-refractivity contribution in [3.63, 3.8) is 0 Å². The highest BCUT2D eigenvalue weighted by Crippen LogP contribution is 2.36. The number of para-hydroxylation sites is 1. The third kappa shape index (κ3) is 5.76. The van der Waals surface area contributed by atoms with Gasteiger partial charge in [-0.05, 0) is 55.0 Å². The molecule has 0 radical (unpaired) electrons. The van der Waals surface area contributed by atoms with Crippen molar-refractivity contribution >= 4 is 56.2 Å². The first-order valence-electron chi connectivity index (χ1n) is 10.8. The molecular weight excluding hydrogens is 520 g/mol. The molecule has 1 aromatic heterocycles. The normalized spacial score (nSPS) is 11.1. The molecule has 0 aliphatic rings. The number of benzene rings is 3. The van der Waals surface area contributed by atoms with Crippen molar-refractivity contribution in [3.05, 3.63) is 100 Å². The van der Waals surface area contributed by atoms with Gasteiger partial charge in [0.25, 0.3) is 15.9 Å². The van der Waals surface area contributed by atoms with Gasteiger partial charge in [0.05, 0.1) is 28.4 Å². The molecule has 0 atom stereocenters. The predicted octanol–water partition coefficient (Wildman–Crippen LogP) is 6.30. The zero-order chi connectivity index (χ0) is 25.7. The molecule has 4 rings (SSSR count). The molecule has 0 fully saturated rings. The summed E-state index contributed by atoms with van der Waals surface area (Å²) in [5.74, 6) is -1.15. The van der Waals surface area contributed by atoms with Crippen LogP contribution in [0.5, 0.6) is 0 Å². The average Bonchev–Trinajstić information content (AvgIpc) is 3.29. The Bertz CT molecular complexity index is 1500. The Kier molecular flexibility index (Phi) is 7.73. The van der Waals surface area contributed by atoms with Gasteiger partial charge in [-0.3, -0.25) is 9.52 Å². The van der Waals surface area contributed by atoms with Crippen molar-refractivity contribution in [2.75, 3.05) is 16.6 Å². The molecule has 3 aromatic carbocycles. The van der Waals surface area contributed by atoms with Crippen molar-refractivity contribution in [1.29, 1.82) is 0 Å². The van der Waals surface area contributed by atoms with Gasteiger partial charge >= 0.3 is 5.97 Å². The first kappa shape index (κ1) is 25.4. The molecule has 4 aromatic rings. The first-order valence-corrected chi connectivity index (χ1v) is 13.5.